The van der Waals surface area contributed by atoms with Crippen LogP contribution in [0.3, 0.4) is 0 Å². The first-order valence-electron chi connectivity index (χ1n) is 13.9. The second kappa shape index (κ2) is 10.3. The molecule has 0 amide bonds. The number of hydrogen-bond donors (Lipinski definition) is 0. The Kier molecular flexibility index (Phi) is 7.21. The molecule has 194 valence electrons. The van der Waals surface area contributed by atoms with Gasteiger partial charge in [-0.15, -0.1) is 0 Å². The molecular weight excluding hydrogens is 651 g/mol. The zero-order valence-electron chi connectivity index (χ0n) is 22.9. The minimum absolute atomic E-state index is 0.360. The molecule has 6 rings (SSSR count). The van der Waals surface area contributed by atoms with E-state index in [0.717, 1.165) is 39.3 Å². The van der Waals surface area contributed by atoms with E-state index in [4.69, 9.17) is 0 Å². The van der Waals surface area contributed by atoms with E-state index in [1.54, 1.807) is 43.5 Å². The molecule has 3 aliphatic rings. The Morgan fingerprint density at radius 2 is 0.649 bits per heavy atom. The van der Waals surface area contributed by atoms with Crippen molar-refractivity contribution in [3.8, 4) is 0 Å². The summed E-state index contributed by atoms with van der Waals surface area (Å²) < 4.78 is 9.88. The van der Waals surface area contributed by atoms with Crippen LogP contribution >= 0.6 is 0 Å². The molecule has 0 atom stereocenters. The molecule has 6 heteroatoms. The van der Waals surface area contributed by atoms with Crippen LogP contribution in [0.1, 0.15) is 64.2 Å². The fourth-order valence-corrected chi connectivity index (χ4v) is 15.2. The van der Waals surface area contributed by atoms with Gasteiger partial charge in [-0.3, -0.25) is 0 Å². The Hall–Kier alpha value is -1.38. The second-order valence-corrected chi connectivity index (χ2v) is 16.6. The maximum absolute atomic E-state index is 2.57. The summed E-state index contributed by atoms with van der Waals surface area (Å²) in [6.07, 6.45) is 0. The standard InChI is InChI=1S/C31H37N3Se3/c1-7-32(8-2)19-13-22-28-23(14-19)36-25-16-21(34(11-5)12-6)18-27-30(25)31(28)29-24(35-22)15-20(17-26(29)37-27)33(9-3)10-4/h13-18,31H,7-12H2,1-6H3. The predicted molar refractivity (Wildman–Crippen MR) is 166 cm³/mol. The third-order valence-corrected chi connectivity index (χ3v) is 15.2. The Morgan fingerprint density at radius 1 is 0.432 bits per heavy atom. The number of anilines is 3. The van der Waals surface area contributed by atoms with E-state index in [1.165, 1.54) is 17.1 Å². The summed E-state index contributed by atoms with van der Waals surface area (Å²) in [6, 6.07) is 15.4. The fourth-order valence-electron chi connectivity index (χ4n) is 6.22. The molecule has 0 radical (unpaired) electrons. The molecule has 0 fully saturated rings. The predicted octanol–water partition coefficient (Wildman–Crippen LogP) is 1.31. The van der Waals surface area contributed by atoms with Gasteiger partial charge < -0.3 is 0 Å². The summed E-state index contributed by atoms with van der Waals surface area (Å²) in [5.41, 5.74) is 9.40. The van der Waals surface area contributed by atoms with Crippen molar-refractivity contribution in [1.82, 2.24) is 0 Å². The molecule has 3 aliphatic heterocycles. The van der Waals surface area contributed by atoms with Gasteiger partial charge in [0, 0.05) is 0 Å². The number of nitrogens with zero attached hydrogens (tertiary/aromatic N) is 3. The SMILES string of the molecule is CCN(CC)c1cc2c3c(c1)[Se]c1cc(N(CC)CC)cc4c1C3c1c(cc(N(CC)CC)cc1[Se]4)[Se]2. The first kappa shape index (κ1) is 25.9. The van der Waals surface area contributed by atoms with Gasteiger partial charge in [0.15, 0.2) is 0 Å². The summed E-state index contributed by atoms with van der Waals surface area (Å²) in [5, 5.41) is 0. The molecule has 3 aromatic carbocycles. The van der Waals surface area contributed by atoms with Crippen molar-refractivity contribution >= 4 is 88.7 Å². The van der Waals surface area contributed by atoms with E-state index in [9.17, 15) is 0 Å². The number of rotatable bonds is 9. The molecule has 0 spiro atoms. The van der Waals surface area contributed by atoms with E-state index in [0.29, 0.717) is 50.8 Å². The van der Waals surface area contributed by atoms with Gasteiger partial charge in [0.1, 0.15) is 0 Å². The van der Waals surface area contributed by atoms with Crippen molar-refractivity contribution in [3.05, 3.63) is 53.1 Å². The number of hydrogen-bond acceptors (Lipinski definition) is 3. The van der Waals surface area contributed by atoms with Crippen LogP contribution in [0.4, 0.5) is 17.1 Å². The van der Waals surface area contributed by atoms with E-state index in [1.807, 2.05) is 0 Å². The van der Waals surface area contributed by atoms with Crippen LogP contribution in [0.2, 0.25) is 0 Å². The van der Waals surface area contributed by atoms with Crippen LogP contribution in [-0.4, -0.2) is 84.1 Å². The molecule has 3 aromatic rings. The molecule has 0 saturated carbocycles. The normalized spacial score (nSPS) is 14.4. The molecule has 0 saturated heterocycles. The average molecular weight is 689 g/mol. The zero-order chi connectivity index (χ0) is 25.8. The zero-order valence-corrected chi connectivity index (χ0v) is 28.0. The molecule has 0 aromatic heterocycles. The second-order valence-electron chi connectivity index (χ2n) is 9.82. The van der Waals surface area contributed by atoms with E-state index < -0.39 is 0 Å². The average Bonchev–Trinajstić information content (AvgIpc) is 2.90. The van der Waals surface area contributed by atoms with Gasteiger partial charge in [0.25, 0.3) is 0 Å². The summed E-state index contributed by atoms with van der Waals surface area (Å²) >= 11 is 1.08. The first-order valence-corrected chi connectivity index (χ1v) is 19.0. The van der Waals surface area contributed by atoms with Gasteiger partial charge in [-0.2, -0.15) is 0 Å². The Balaban J connectivity index is 1.61. The molecule has 0 unspecified atom stereocenters. The molecule has 37 heavy (non-hydrogen) atoms. The monoisotopic (exact) mass is 691 g/mol. The van der Waals surface area contributed by atoms with Crippen LogP contribution in [-0.2, 0) is 0 Å². The van der Waals surface area contributed by atoms with Crippen LogP contribution in [0.5, 0.6) is 0 Å². The Morgan fingerprint density at radius 3 is 0.838 bits per heavy atom. The Labute approximate surface area is 241 Å². The van der Waals surface area contributed by atoms with Crippen molar-refractivity contribution < 1.29 is 0 Å². The van der Waals surface area contributed by atoms with E-state index in [2.05, 4.69) is 92.6 Å². The summed E-state index contributed by atoms with van der Waals surface area (Å²) in [4.78, 5) is 7.65. The fraction of sp³-hybridized carbons (Fsp3) is 0.419. The summed E-state index contributed by atoms with van der Waals surface area (Å²) in [5.74, 6) is 0.448. The maximum atomic E-state index is 2.57. The molecule has 3 heterocycles. The van der Waals surface area contributed by atoms with Crippen molar-refractivity contribution in [3.63, 3.8) is 0 Å². The van der Waals surface area contributed by atoms with Crippen LogP contribution in [0.15, 0.2) is 36.4 Å². The first-order chi connectivity index (χ1) is 18.0. The molecular formula is C31H37N3Se3. The van der Waals surface area contributed by atoms with Gasteiger partial charge in [-0.1, -0.05) is 0 Å². The van der Waals surface area contributed by atoms with Gasteiger partial charge >= 0.3 is 243 Å². The molecule has 0 aliphatic carbocycles. The van der Waals surface area contributed by atoms with Crippen molar-refractivity contribution in [2.24, 2.45) is 0 Å². The van der Waals surface area contributed by atoms with Crippen LogP contribution < -0.4 is 41.5 Å². The van der Waals surface area contributed by atoms with Gasteiger partial charge in [-0.25, -0.2) is 0 Å². The van der Waals surface area contributed by atoms with E-state index in [-0.39, 0.29) is 0 Å². The molecule has 0 bridgehead atoms. The van der Waals surface area contributed by atoms with Crippen molar-refractivity contribution in [2.75, 3.05) is 54.0 Å². The van der Waals surface area contributed by atoms with Gasteiger partial charge in [0.05, 0.1) is 0 Å². The van der Waals surface area contributed by atoms with Crippen LogP contribution in [0.25, 0.3) is 0 Å². The van der Waals surface area contributed by atoms with Crippen molar-refractivity contribution in [1.29, 1.82) is 0 Å². The third-order valence-electron chi connectivity index (χ3n) is 8.18. The quantitative estimate of drug-likeness (QED) is 0.213. The van der Waals surface area contributed by atoms with Gasteiger partial charge in [-0.05, 0) is 0 Å². The summed E-state index contributed by atoms with van der Waals surface area (Å²) in [6.45, 7) is 20.2. The molecule has 3 nitrogen and oxygen atoms in total. The topological polar surface area (TPSA) is 9.72 Å². The van der Waals surface area contributed by atoms with E-state index >= 15 is 0 Å². The summed E-state index contributed by atoms with van der Waals surface area (Å²) in [7, 11) is 0. The Bertz CT molecular complexity index is 1120. The molecule has 0 N–H and O–H groups in total. The van der Waals surface area contributed by atoms with Crippen molar-refractivity contribution in [2.45, 2.75) is 47.5 Å². The van der Waals surface area contributed by atoms with Crippen LogP contribution in [0, 0.1) is 0 Å². The minimum atomic E-state index is 0.360. The number of benzene rings is 3. The van der Waals surface area contributed by atoms with Gasteiger partial charge in [0.2, 0.25) is 0 Å². The third kappa shape index (κ3) is 4.11.